The van der Waals surface area contributed by atoms with Crippen molar-refractivity contribution in [3.8, 4) is 0 Å². The summed E-state index contributed by atoms with van der Waals surface area (Å²) in [7, 11) is 0. The first-order chi connectivity index (χ1) is 9.40. The molecule has 1 N–H and O–H groups in total. The molecule has 1 aliphatic heterocycles. The quantitative estimate of drug-likeness (QED) is 0.898. The smallest absolute Gasteiger partial charge is 0.308 e. The molecule has 6 heteroatoms. The summed E-state index contributed by atoms with van der Waals surface area (Å²) in [5.41, 5.74) is 0.239. The van der Waals surface area contributed by atoms with Gasteiger partial charge in [-0.2, -0.15) is 0 Å². The van der Waals surface area contributed by atoms with E-state index in [-0.39, 0.29) is 24.1 Å². The second kappa shape index (κ2) is 5.91. The molecule has 1 aliphatic rings. The van der Waals surface area contributed by atoms with Crippen molar-refractivity contribution in [1.29, 1.82) is 0 Å². The number of carboxylic acid groups (broad SMARTS) is 1. The van der Waals surface area contributed by atoms with Gasteiger partial charge < -0.3 is 10.0 Å². The van der Waals surface area contributed by atoms with Crippen molar-refractivity contribution in [3.05, 3.63) is 34.1 Å². The van der Waals surface area contributed by atoms with Crippen LogP contribution in [0.25, 0.3) is 0 Å². The number of nitrogens with zero attached hydrogens (tertiary/aromatic N) is 1. The van der Waals surface area contributed by atoms with Crippen LogP contribution in [0.2, 0.25) is 0 Å². The number of amides is 1. The molecule has 0 spiro atoms. The molecule has 4 nitrogen and oxygen atoms in total. The first-order valence-corrected chi connectivity index (χ1v) is 7.18. The van der Waals surface area contributed by atoms with E-state index in [1.807, 2.05) is 6.92 Å². The number of piperidine rings is 1. The lowest BCUT2D eigenvalue weighted by Gasteiger charge is -2.36. The fourth-order valence-electron chi connectivity index (χ4n) is 2.39. The highest BCUT2D eigenvalue weighted by Crippen LogP contribution is 2.25. The van der Waals surface area contributed by atoms with Gasteiger partial charge in [0.15, 0.2) is 0 Å². The van der Waals surface area contributed by atoms with Crippen LogP contribution in [-0.2, 0) is 4.79 Å². The Balaban J connectivity index is 2.21. The number of hydrogen-bond donors (Lipinski definition) is 1. The Kier molecular flexibility index (Phi) is 4.42. The first-order valence-electron chi connectivity index (χ1n) is 6.39. The van der Waals surface area contributed by atoms with Crippen LogP contribution >= 0.6 is 15.9 Å². The van der Waals surface area contributed by atoms with Crippen molar-refractivity contribution in [3.63, 3.8) is 0 Å². The Morgan fingerprint density at radius 2 is 2.10 bits per heavy atom. The molecule has 1 aromatic rings. The molecule has 1 heterocycles. The molecule has 0 aliphatic carbocycles. The molecule has 1 amide bonds. The Morgan fingerprint density at radius 1 is 1.40 bits per heavy atom. The van der Waals surface area contributed by atoms with E-state index in [4.69, 9.17) is 5.11 Å². The molecule has 1 fully saturated rings. The summed E-state index contributed by atoms with van der Waals surface area (Å²) in [5.74, 6) is -2.27. The lowest BCUT2D eigenvalue weighted by molar-refractivity contribution is -0.143. The Bertz CT molecular complexity index is 549. The number of aliphatic carboxylic acids is 1. The van der Waals surface area contributed by atoms with Crippen LogP contribution in [0, 0.1) is 11.7 Å². The summed E-state index contributed by atoms with van der Waals surface area (Å²) in [6.45, 7) is 2.05. The van der Waals surface area contributed by atoms with Crippen molar-refractivity contribution in [2.75, 3.05) is 6.54 Å². The third kappa shape index (κ3) is 3.00. The van der Waals surface area contributed by atoms with Crippen LogP contribution in [0.3, 0.4) is 0 Å². The zero-order valence-electron chi connectivity index (χ0n) is 11.0. The molecule has 20 heavy (non-hydrogen) atoms. The molecule has 0 aromatic heterocycles. The minimum Gasteiger partial charge on any atom is -0.481 e. The maximum Gasteiger partial charge on any atom is 0.308 e. The van der Waals surface area contributed by atoms with Crippen LogP contribution in [0.15, 0.2) is 22.7 Å². The molecule has 1 saturated heterocycles. The summed E-state index contributed by atoms with van der Waals surface area (Å²) in [6, 6.07) is 4.15. The van der Waals surface area contributed by atoms with Crippen molar-refractivity contribution in [1.82, 2.24) is 4.90 Å². The van der Waals surface area contributed by atoms with E-state index in [0.29, 0.717) is 17.3 Å². The highest BCUT2D eigenvalue weighted by molar-refractivity contribution is 9.10. The monoisotopic (exact) mass is 343 g/mol. The number of hydrogen-bond acceptors (Lipinski definition) is 2. The van der Waals surface area contributed by atoms with Gasteiger partial charge in [-0.15, -0.1) is 0 Å². The maximum atomic E-state index is 13.5. The number of halogens is 2. The zero-order chi connectivity index (χ0) is 14.9. The number of carbonyl (C=O) groups is 2. The van der Waals surface area contributed by atoms with Crippen molar-refractivity contribution < 1.29 is 19.1 Å². The van der Waals surface area contributed by atoms with Crippen LogP contribution in [0.4, 0.5) is 4.39 Å². The van der Waals surface area contributed by atoms with Crippen molar-refractivity contribution in [2.45, 2.75) is 25.8 Å². The number of rotatable bonds is 2. The predicted molar refractivity (Wildman–Crippen MR) is 75.0 cm³/mol. The predicted octanol–water partition coefficient (Wildman–Crippen LogP) is 2.91. The van der Waals surface area contributed by atoms with E-state index in [9.17, 15) is 14.0 Å². The van der Waals surface area contributed by atoms with Gasteiger partial charge in [0.2, 0.25) is 0 Å². The molecule has 2 unspecified atom stereocenters. The average Bonchev–Trinajstić information content (AvgIpc) is 2.41. The largest absolute Gasteiger partial charge is 0.481 e. The molecular formula is C14H15BrFNO3. The van der Waals surface area contributed by atoms with Crippen LogP contribution in [-0.4, -0.2) is 34.5 Å². The molecule has 0 radical (unpaired) electrons. The summed E-state index contributed by atoms with van der Waals surface area (Å²) in [5, 5.41) is 9.07. The fourth-order valence-corrected chi connectivity index (χ4v) is 2.63. The van der Waals surface area contributed by atoms with E-state index in [1.54, 1.807) is 0 Å². The summed E-state index contributed by atoms with van der Waals surface area (Å²) >= 11 is 3.04. The van der Waals surface area contributed by atoms with E-state index < -0.39 is 17.7 Å². The van der Waals surface area contributed by atoms with E-state index in [2.05, 4.69) is 15.9 Å². The van der Waals surface area contributed by atoms with Crippen LogP contribution in [0.1, 0.15) is 30.1 Å². The minimum atomic E-state index is -0.892. The van der Waals surface area contributed by atoms with E-state index in [0.717, 1.165) is 0 Å². The molecule has 2 rings (SSSR count). The summed E-state index contributed by atoms with van der Waals surface area (Å²) in [4.78, 5) is 25.0. The lowest BCUT2D eigenvalue weighted by atomic mass is 9.93. The third-order valence-corrected chi connectivity index (χ3v) is 4.30. The average molecular weight is 344 g/mol. The maximum absolute atomic E-state index is 13.5. The number of carboxylic acids is 1. The Labute approximate surface area is 124 Å². The van der Waals surface area contributed by atoms with Gasteiger partial charge in [0.05, 0.1) is 10.4 Å². The lowest BCUT2D eigenvalue weighted by Crippen LogP contribution is -2.47. The number of carbonyl (C=O) groups excluding carboxylic acids is 1. The van der Waals surface area contributed by atoms with Crippen LogP contribution in [0.5, 0.6) is 0 Å². The topological polar surface area (TPSA) is 57.6 Å². The second-order valence-corrected chi connectivity index (χ2v) is 5.90. The highest BCUT2D eigenvalue weighted by atomic mass is 79.9. The summed E-state index contributed by atoms with van der Waals surface area (Å²) in [6.07, 6.45) is 1.21. The number of likely N-dealkylation sites (tertiary alicyclic amines) is 1. The molecular weight excluding hydrogens is 329 g/mol. The highest BCUT2D eigenvalue weighted by Gasteiger charge is 2.33. The van der Waals surface area contributed by atoms with E-state index >= 15 is 0 Å². The van der Waals surface area contributed by atoms with Crippen molar-refractivity contribution in [2.24, 2.45) is 5.92 Å². The first kappa shape index (κ1) is 15.0. The van der Waals surface area contributed by atoms with Gasteiger partial charge in [-0.1, -0.05) is 0 Å². The minimum absolute atomic E-state index is 0.0372. The van der Waals surface area contributed by atoms with E-state index in [1.165, 1.54) is 23.1 Å². The Morgan fingerprint density at radius 3 is 2.70 bits per heavy atom. The fraction of sp³-hybridized carbons (Fsp3) is 0.429. The Hall–Kier alpha value is -1.43. The second-order valence-electron chi connectivity index (χ2n) is 5.05. The van der Waals surface area contributed by atoms with Gasteiger partial charge >= 0.3 is 5.97 Å². The molecule has 0 saturated carbocycles. The molecule has 108 valence electrons. The van der Waals surface area contributed by atoms with Gasteiger partial charge in [0.25, 0.3) is 5.91 Å². The van der Waals surface area contributed by atoms with Gasteiger partial charge in [-0.25, -0.2) is 4.39 Å². The third-order valence-electron chi connectivity index (χ3n) is 3.66. The van der Waals surface area contributed by atoms with Gasteiger partial charge in [0, 0.05) is 18.2 Å². The molecule has 1 aromatic carbocycles. The zero-order valence-corrected chi connectivity index (χ0v) is 12.6. The molecule has 2 atom stereocenters. The SMILES string of the molecule is CC1CCC(C(=O)O)CN1C(=O)c1ccc(Br)c(F)c1. The van der Waals surface area contributed by atoms with Gasteiger partial charge in [-0.3, -0.25) is 9.59 Å². The summed E-state index contributed by atoms with van der Waals surface area (Å²) < 4.78 is 13.8. The van der Waals surface area contributed by atoms with Crippen molar-refractivity contribution >= 4 is 27.8 Å². The number of benzene rings is 1. The normalized spacial score (nSPS) is 22.6. The van der Waals surface area contributed by atoms with Crippen LogP contribution < -0.4 is 0 Å². The molecule has 0 bridgehead atoms. The van der Waals surface area contributed by atoms with Gasteiger partial charge in [-0.05, 0) is 53.9 Å². The standard InChI is InChI=1S/C14H15BrFNO3/c1-8-2-3-10(14(19)20)7-17(8)13(18)9-4-5-11(15)12(16)6-9/h4-6,8,10H,2-3,7H2,1H3,(H,19,20). The van der Waals surface area contributed by atoms with Gasteiger partial charge in [0.1, 0.15) is 5.82 Å².